The van der Waals surface area contributed by atoms with Gasteiger partial charge in [-0.2, -0.15) is 0 Å². The lowest BCUT2D eigenvalue weighted by Crippen LogP contribution is -2.33. The fourth-order valence-electron chi connectivity index (χ4n) is 1.45. The molecule has 0 aliphatic carbocycles. The van der Waals surface area contributed by atoms with E-state index in [0.29, 0.717) is 5.56 Å². The molecule has 1 aromatic carbocycles. The molecule has 2 unspecified atom stereocenters. The molecule has 0 aliphatic rings. The highest BCUT2D eigenvalue weighted by Gasteiger charge is 2.21. The van der Waals surface area contributed by atoms with Crippen LogP contribution in [-0.4, -0.2) is 18.3 Å². The molecule has 2 atom stereocenters. The lowest BCUT2D eigenvalue weighted by molar-refractivity contribution is 0.125. The molecule has 0 saturated heterocycles. The lowest BCUT2D eigenvalue weighted by atomic mass is 9.94. The molecule has 0 heterocycles. The first kappa shape index (κ1) is 12.9. The molecule has 0 radical (unpaired) electrons. The molecule has 0 fully saturated rings. The van der Waals surface area contributed by atoms with Gasteiger partial charge in [0.25, 0.3) is 0 Å². The second-order valence-electron chi connectivity index (χ2n) is 4.16. The molecule has 0 amide bonds. The molecule has 3 nitrogen and oxygen atoms in total. The van der Waals surface area contributed by atoms with Gasteiger partial charge in [-0.3, -0.25) is 0 Å². The van der Waals surface area contributed by atoms with Crippen LogP contribution >= 0.6 is 0 Å². The van der Waals surface area contributed by atoms with Crippen LogP contribution < -0.4 is 10.5 Å². The molecule has 0 spiro atoms. The molecular formula is C12H18FNO2. The van der Waals surface area contributed by atoms with Crippen molar-refractivity contribution in [3.63, 3.8) is 0 Å². The predicted molar refractivity (Wildman–Crippen MR) is 60.7 cm³/mol. The smallest absolute Gasteiger partial charge is 0.165 e. The quantitative estimate of drug-likeness (QED) is 0.825. The first-order valence-electron chi connectivity index (χ1n) is 5.24. The van der Waals surface area contributed by atoms with Gasteiger partial charge in [-0.05, 0) is 23.6 Å². The van der Waals surface area contributed by atoms with Gasteiger partial charge in [0, 0.05) is 6.04 Å². The highest BCUT2D eigenvalue weighted by molar-refractivity contribution is 5.31. The second kappa shape index (κ2) is 5.27. The van der Waals surface area contributed by atoms with Crippen molar-refractivity contribution >= 4 is 0 Å². The number of halogens is 1. The Morgan fingerprint density at radius 2 is 2.00 bits per heavy atom. The van der Waals surface area contributed by atoms with Gasteiger partial charge >= 0.3 is 0 Å². The third-order valence-corrected chi connectivity index (χ3v) is 2.65. The van der Waals surface area contributed by atoms with Crippen LogP contribution in [0.3, 0.4) is 0 Å². The molecule has 16 heavy (non-hydrogen) atoms. The van der Waals surface area contributed by atoms with Crippen LogP contribution in [0, 0.1) is 11.7 Å². The summed E-state index contributed by atoms with van der Waals surface area (Å²) in [5.74, 6) is -0.204. The van der Waals surface area contributed by atoms with E-state index in [1.807, 2.05) is 13.8 Å². The second-order valence-corrected chi connectivity index (χ2v) is 4.16. The average molecular weight is 227 g/mol. The van der Waals surface area contributed by atoms with Crippen LogP contribution in [0.1, 0.15) is 25.5 Å². The van der Waals surface area contributed by atoms with Crippen LogP contribution in [0.15, 0.2) is 18.2 Å². The van der Waals surface area contributed by atoms with Crippen molar-refractivity contribution in [2.75, 3.05) is 7.11 Å². The van der Waals surface area contributed by atoms with Crippen LogP contribution in [-0.2, 0) is 0 Å². The number of aliphatic hydroxyl groups excluding tert-OH is 1. The maximum absolute atomic E-state index is 13.4. The topological polar surface area (TPSA) is 55.5 Å². The number of hydrogen-bond donors (Lipinski definition) is 2. The van der Waals surface area contributed by atoms with Gasteiger partial charge in [-0.25, -0.2) is 4.39 Å². The van der Waals surface area contributed by atoms with E-state index < -0.39 is 18.0 Å². The third-order valence-electron chi connectivity index (χ3n) is 2.65. The number of methoxy groups -OCH3 is 1. The molecule has 4 heteroatoms. The fraction of sp³-hybridized carbons (Fsp3) is 0.500. The largest absolute Gasteiger partial charge is 0.494 e. The summed E-state index contributed by atoms with van der Waals surface area (Å²) in [6, 6.07) is 3.95. The highest BCUT2D eigenvalue weighted by atomic mass is 19.1. The summed E-state index contributed by atoms with van der Waals surface area (Å²) in [6.45, 7) is 3.82. The van der Waals surface area contributed by atoms with Crippen molar-refractivity contribution in [3.05, 3.63) is 29.6 Å². The van der Waals surface area contributed by atoms with Gasteiger partial charge in [-0.1, -0.05) is 19.9 Å². The first-order valence-corrected chi connectivity index (χ1v) is 5.24. The van der Waals surface area contributed by atoms with Gasteiger partial charge in [-0.15, -0.1) is 0 Å². The summed E-state index contributed by atoms with van der Waals surface area (Å²) in [7, 11) is 1.40. The number of nitrogens with two attached hydrogens (primary N) is 1. The Labute approximate surface area is 95.0 Å². The maximum Gasteiger partial charge on any atom is 0.165 e. The van der Waals surface area contributed by atoms with Gasteiger partial charge in [0.1, 0.15) is 0 Å². The minimum absolute atomic E-state index is 0.125. The molecule has 1 rings (SSSR count). The van der Waals surface area contributed by atoms with Gasteiger partial charge in [0.15, 0.2) is 11.6 Å². The van der Waals surface area contributed by atoms with Crippen LogP contribution in [0.5, 0.6) is 5.75 Å². The van der Waals surface area contributed by atoms with Gasteiger partial charge < -0.3 is 15.6 Å². The minimum atomic E-state index is -0.861. The zero-order valence-electron chi connectivity index (χ0n) is 9.77. The van der Waals surface area contributed by atoms with E-state index in [9.17, 15) is 9.50 Å². The number of hydrogen-bond acceptors (Lipinski definition) is 3. The molecule has 0 aromatic heterocycles. The zero-order valence-corrected chi connectivity index (χ0v) is 9.77. The van der Waals surface area contributed by atoms with E-state index >= 15 is 0 Å². The predicted octanol–water partition coefficient (Wildman–Crippen LogP) is 1.85. The molecule has 0 aliphatic heterocycles. The minimum Gasteiger partial charge on any atom is -0.494 e. The van der Waals surface area contributed by atoms with E-state index in [1.165, 1.54) is 19.2 Å². The average Bonchev–Trinajstić information content (AvgIpc) is 2.26. The highest BCUT2D eigenvalue weighted by Crippen LogP contribution is 2.25. The van der Waals surface area contributed by atoms with Crippen molar-refractivity contribution in [2.24, 2.45) is 11.7 Å². The Morgan fingerprint density at radius 3 is 2.44 bits per heavy atom. The molecule has 3 N–H and O–H groups in total. The summed E-state index contributed by atoms with van der Waals surface area (Å²) in [4.78, 5) is 0. The molecular weight excluding hydrogens is 209 g/mol. The number of rotatable bonds is 4. The standard InChI is InChI=1S/C12H18FNO2/c1-7(2)11(14)12(15)8-4-5-10(16-3)9(13)6-8/h4-7,11-12,15H,14H2,1-3H3. The molecule has 0 bridgehead atoms. The number of benzene rings is 1. The summed E-state index contributed by atoms with van der Waals surface area (Å²) in [6.07, 6.45) is -0.861. The first-order chi connectivity index (χ1) is 7.47. The van der Waals surface area contributed by atoms with Crippen molar-refractivity contribution in [3.8, 4) is 5.75 Å². The number of aliphatic hydroxyl groups is 1. The summed E-state index contributed by atoms with van der Waals surface area (Å²) < 4.78 is 18.2. The normalized spacial score (nSPS) is 14.9. The van der Waals surface area contributed by atoms with Crippen LogP contribution in [0.2, 0.25) is 0 Å². The summed E-state index contributed by atoms with van der Waals surface area (Å²) in [5, 5.41) is 9.92. The van der Waals surface area contributed by atoms with E-state index in [2.05, 4.69) is 0 Å². The van der Waals surface area contributed by atoms with E-state index in [1.54, 1.807) is 6.07 Å². The molecule has 1 aromatic rings. The van der Waals surface area contributed by atoms with E-state index in [0.717, 1.165) is 0 Å². The Balaban J connectivity index is 2.92. The molecule has 0 saturated carbocycles. The number of ether oxygens (including phenoxy) is 1. The summed E-state index contributed by atoms with van der Waals surface area (Å²) in [5.41, 5.74) is 6.28. The van der Waals surface area contributed by atoms with Crippen molar-refractivity contribution in [2.45, 2.75) is 26.0 Å². The van der Waals surface area contributed by atoms with E-state index in [-0.39, 0.29) is 11.7 Å². The van der Waals surface area contributed by atoms with Crippen molar-refractivity contribution < 1.29 is 14.2 Å². The lowest BCUT2D eigenvalue weighted by Gasteiger charge is -2.22. The van der Waals surface area contributed by atoms with Gasteiger partial charge in [0.05, 0.1) is 13.2 Å². The Morgan fingerprint density at radius 1 is 1.38 bits per heavy atom. The Bertz CT molecular complexity index is 355. The SMILES string of the molecule is COc1ccc(C(O)C(N)C(C)C)cc1F. The zero-order chi connectivity index (χ0) is 12.3. The Hall–Kier alpha value is -1.13. The summed E-state index contributed by atoms with van der Waals surface area (Å²) >= 11 is 0. The van der Waals surface area contributed by atoms with Gasteiger partial charge in [0.2, 0.25) is 0 Å². The monoisotopic (exact) mass is 227 g/mol. The van der Waals surface area contributed by atoms with E-state index in [4.69, 9.17) is 10.5 Å². The Kier molecular flexibility index (Phi) is 4.26. The van der Waals surface area contributed by atoms with Crippen molar-refractivity contribution in [1.82, 2.24) is 0 Å². The molecule has 90 valence electrons. The third kappa shape index (κ3) is 2.71. The van der Waals surface area contributed by atoms with Crippen molar-refractivity contribution in [1.29, 1.82) is 0 Å². The fourth-order valence-corrected chi connectivity index (χ4v) is 1.45. The maximum atomic E-state index is 13.4. The van der Waals surface area contributed by atoms with Crippen LogP contribution in [0.25, 0.3) is 0 Å². The van der Waals surface area contributed by atoms with Crippen LogP contribution in [0.4, 0.5) is 4.39 Å².